The molecule has 0 fully saturated rings. The van der Waals surface area contributed by atoms with Crippen molar-refractivity contribution in [3.63, 3.8) is 0 Å². The molecule has 0 aromatic heterocycles. The van der Waals surface area contributed by atoms with Gasteiger partial charge in [-0.05, 0) is 12.8 Å². The number of ether oxygens (including phenoxy) is 1. The number of nitrogens with zero attached hydrogens (tertiary/aromatic N) is 1. The summed E-state index contributed by atoms with van der Waals surface area (Å²) in [4.78, 5) is 0. The molecular formula is C7H14F2N2O2. The van der Waals surface area contributed by atoms with E-state index in [-0.39, 0.29) is 12.4 Å². The fourth-order valence-corrected chi connectivity index (χ4v) is 0.733. The first kappa shape index (κ1) is 12.1. The third-order valence-corrected chi connectivity index (χ3v) is 1.34. The second-order valence-electron chi connectivity index (χ2n) is 2.51. The molecule has 0 amide bonds. The third kappa shape index (κ3) is 9.00. The normalized spacial score (nSPS) is 12.4. The van der Waals surface area contributed by atoms with E-state index in [1.54, 1.807) is 0 Å². The molecule has 78 valence electrons. The van der Waals surface area contributed by atoms with E-state index in [9.17, 15) is 8.78 Å². The van der Waals surface area contributed by atoms with Gasteiger partial charge in [0.15, 0.2) is 0 Å². The van der Waals surface area contributed by atoms with Crippen molar-refractivity contribution >= 4 is 5.84 Å². The van der Waals surface area contributed by atoms with Crippen LogP contribution in [0.1, 0.15) is 19.3 Å². The van der Waals surface area contributed by atoms with Gasteiger partial charge in [-0.3, -0.25) is 0 Å². The molecule has 0 saturated carbocycles. The number of alkyl halides is 2. The smallest absolute Gasteiger partial charge is 0.261 e. The Kier molecular flexibility index (Phi) is 7.18. The van der Waals surface area contributed by atoms with Crippen LogP contribution in [0.15, 0.2) is 5.16 Å². The second-order valence-corrected chi connectivity index (χ2v) is 2.51. The van der Waals surface area contributed by atoms with Gasteiger partial charge in [-0.2, -0.15) is 0 Å². The Balaban J connectivity index is 3.09. The Morgan fingerprint density at radius 1 is 1.46 bits per heavy atom. The monoisotopic (exact) mass is 196 g/mol. The maximum Gasteiger partial charge on any atom is 0.261 e. The molecule has 13 heavy (non-hydrogen) atoms. The van der Waals surface area contributed by atoms with Crippen LogP contribution in [0.4, 0.5) is 8.78 Å². The van der Waals surface area contributed by atoms with Gasteiger partial charge >= 0.3 is 0 Å². The standard InChI is InChI=1S/C7H14F2N2O2/c8-6(9)5-13-4-2-1-3-7(10)11-12/h6,12H,1-5H2,(H2,10,11). The molecule has 0 saturated heterocycles. The molecule has 0 bridgehead atoms. The van der Waals surface area contributed by atoms with Crippen molar-refractivity contribution in [1.82, 2.24) is 0 Å². The van der Waals surface area contributed by atoms with Gasteiger partial charge in [0.2, 0.25) is 0 Å². The predicted molar refractivity (Wildman–Crippen MR) is 44.1 cm³/mol. The van der Waals surface area contributed by atoms with Crippen molar-refractivity contribution in [3.05, 3.63) is 0 Å². The van der Waals surface area contributed by atoms with Gasteiger partial charge < -0.3 is 15.7 Å². The van der Waals surface area contributed by atoms with Crippen LogP contribution in [-0.4, -0.2) is 30.7 Å². The Labute approximate surface area is 75.4 Å². The van der Waals surface area contributed by atoms with Crippen LogP contribution in [0.2, 0.25) is 0 Å². The molecule has 0 aliphatic rings. The highest BCUT2D eigenvalue weighted by Gasteiger charge is 2.01. The fraction of sp³-hybridized carbons (Fsp3) is 0.857. The molecular weight excluding hydrogens is 182 g/mol. The van der Waals surface area contributed by atoms with Crippen LogP contribution in [0, 0.1) is 0 Å². The number of oxime groups is 1. The van der Waals surface area contributed by atoms with E-state index in [0.717, 1.165) is 0 Å². The summed E-state index contributed by atoms with van der Waals surface area (Å²) in [6.07, 6.45) is -0.666. The van der Waals surface area contributed by atoms with Gasteiger partial charge in [-0.1, -0.05) is 5.16 Å². The molecule has 0 rings (SSSR count). The summed E-state index contributed by atoms with van der Waals surface area (Å²) in [5.74, 6) is 0.147. The van der Waals surface area contributed by atoms with E-state index in [1.807, 2.05) is 0 Å². The van der Waals surface area contributed by atoms with Crippen molar-refractivity contribution < 1.29 is 18.7 Å². The Morgan fingerprint density at radius 2 is 2.15 bits per heavy atom. The summed E-state index contributed by atoms with van der Waals surface area (Å²) in [7, 11) is 0. The zero-order valence-electron chi connectivity index (χ0n) is 7.25. The lowest BCUT2D eigenvalue weighted by atomic mass is 10.2. The second kappa shape index (κ2) is 7.72. The average Bonchev–Trinajstić information content (AvgIpc) is 2.10. The fourth-order valence-electron chi connectivity index (χ4n) is 0.733. The number of nitrogens with two attached hydrogens (primary N) is 1. The van der Waals surface area contributed by atoms with Crippen LogP contribution < -0.4 is 5.73 Å². The Hall–Kier alpha value is -0.910. The third-order valence-electron chi connectivity index (χ3n) is 1.34. The lowest BCUT2D eigenvalue weighted by Crippen LogP contribution is -2.11. The molecule has 0 aliphatic heterocycles. The molecule has 0 aromatic rings. The first-order valence-corrected chi connectivity index (χ1v) is 3.99. The average molecular weight is 196 g/mol. The molecule has 0 atom stereocenters. The molecule has 0 aromatic carbocycles. The van der Waals surface area contributed by atoms with Crippen molar-refractivity contribution in [2.24, 2.45) is 10.9 Å². The first-order valence-electron chi connectivity index (χ1n) is 3.99. The van der Waals surface area contributed by atoms with Crippen molar-refractivity contribution in [2.45, 2.75) is 25.7 Å². The highest BCUT2D eigenvalue weighted by Crippen LogP contribution is 1.98. The zero-order chi connectivity index (χ0) is 10.1. The minimum atomic E-state index is -2.41. The summed E-state index contributed by atoms with van der Waals surface area (Å²) in [5, 5.41) is 10.9. The molecule has 3 N–H and O–H groups in total. The largest absolute Gasteiger partial charge is 0.409 e. The highest BCUT2D eigenvalue weighted by molar-refractivity contribution is 5.79. The predicted octanol–water partition coefficient (Wildman–Crippen LogP) is 1.18. The first-order chi connectivity index (χ1) is 6.16. The lowest BCUT2D eigenvalue weighted by Gasteiger charge is -2.02. The van der Waals surface area contributed by atoms with Gasteiger partial charge in [-0.15, -0.1) is 0 Å². The topological polar surface area (TPSA) is 67.8 Å². The molecule has 0 heterocycles. The Morgan fingerprint density at radius 3 is 2.69 bits per heavy atom. The van der Waals surface area contributed by atoms with E-state index in [1.165, 1.54) is 0 Å². The van der Waals surface area contributed by atoms with E-state index in [2.05, 4.69) is 9.89 Å². The van der Waals surface area contributed by atoms with E-state index < -0.39 is 13.0 Å². The Bertz CT molecular complexity index is 153. The van der Waals surface area contributed by atoms with E-state index in [0.29, 0.717) is 19.3 Å². The number of hydrogen-bond acceptors (Lipinski definition) is 3. The number of amidine groups is 1. The van der Waals surface area contributed by atoms with Crippen molar-refractivity contribution in [3.8, 4) is 0 Å². The summed E-state index contributed by atoms with van der Waals surface area (Å²) in [6, 6.07) is 0. The summed E-state index contributed by atoms with van der Waals surface area (Å²) >= 11 is 0. The maximum atomic E-state index is 11.5. The van der Waals surface area contributed by atoms with E-state index >= 15 is 0 Å². The zero-order valence-corrected chi connectivity index (χ0v) is 7.25. The van der Waals surface area contributed by atoms with Gasteiger partial charge in [-0.25, -0.2) is 8.78 Å². The van der Waals surface area contributed by atoms with Gasteiger partial charge in [0, 0.05) is 13.0 Å². The lowest BCUT2D eigenvalue weighted by molar-refractivity contribution is 0.0164. The minimum Gasteiger partial charge on any atom is -0.409 e. The molecule has 6 heteroatoms. The van der Waals surface area contributed by atoms with Crippen LogP contribution in [0.5, 0.6) is 0 Å². The summed E-state index contributed by atoms with van der Waals surface area (Å²) < 4.78 is 27.7. The van der Waals surface area contributed by atoms with Crippen LogP contribution in [0.25, 0.3) is 0 Å². The van der Waals surface area contributed by atoms with Crippen molar-refractivity contribution in [2.75, 3.05) is 13.2 Å². The SMILES string of the molecule is NC(CCCCOCC(F)F)=NO. The number of halogens is 2. The van der Waals surface area contributed by atoms with Gasteiger partial charge in [0.25, 0.3) is 6.43 Å². The van der Waals surface area contributed by atoms with Crippen LogP contribution in [-0.2, 0) is 4.74 Å². The van der Waals surface area contributed by atoms with Crippen LogP contribution >= 0.6 is 0 Å². The number of rotatable bonds is 7. The number of hydrogen-bond donors (Lipinski definition) is 2. The van der Waals surface area contributed by atoms with Gasteiger partial charge in [0.1, 0.15) is 12.4 Å². The molecule has 0 unspecified atom stereocenters. The van der Waals surface area contributed by atoms with Gasteiger partial charge in [0.05, 0.1) is 0 Å². The molecule has 0 radical (unpaired) electrons. The summed E-state index contributed by atoms with van der Waals surface area (Å²) in [5.41, 5.74) is 5.18. The molecule has 0 aliphatic carbocycles. The maximum absolute atomic E-state index is 11.5. The molecule has 0 spiro atoms. The summed E-state index contributed by atoms with van der Waals surface area (Å²) in [6.45, 7) is -0.243. The van der Waals surface area contributed by atoms with Crippen molar-refractivity contribution in [1.29, 1.82) is 0 Å². The molecule has 4 nitrogen and oxygen atoms in total. The van der Waals surface area contributed by atoms with E-state index in [4.69, 9.17) is 10.9 Å². The number of unbranched alkanes of at least 4 members (excludes halogenated alkanes) is 1. The highest BCUT2D eigenvalue weighted by atomic mass is 19.3. The minimum absolute atomic E-state index is 0.147. The van der Waals surface area contributed by atoms with Crippen LogP contribution in [0.3, 0.4) is 0 Å². The quantitative estimate of drug-likeness (QED) is 0.211.